The Morgan fingerprint density at radius 1 is 1.22 bits per heavy atom. The lowest BCUT2D eigenvalue weighted by Gasteiger charge is -2.21. The van der Waals surface area contributed by atoms with Gasteiger partial charge in [-0.3, -0.25) is 10.1 Å². The van der Waals surface area contributed by atoms with Crippen LogP contribution in [0.5, 0.6) is 5.75 Å². The van der Waals surface area contributed by atoms with Gasteiger partial charge in [-0.15, -0.1) is 0 Å². The van der Waals surface area contributed by atoms with Crippen molar-refractivity contribution in [3.63, 3.8) is 0 Å². The largest absolute Gasteiger partial charge is 0.496 e. The molecule has 1 unspecified atom stereocenters. The summed E-state index contributed by atoms with van der Waals surface area (Å²) in [5, 5.41) is 24.0. The molecule has 1 heterocycles. The minimum Gasteiger partial charge on any atom is -0.496 e. The van der Waals surface area contributed by atoms with Crippen LogP contribution >= 0.6 is 0 Å². The third-order valence-electron chi connectivity index (χ3n) is 4.56. The van der Waals surface area contributed by atoms with Gasteiger partial charge in [0, 0.05) is 11.6 Å². The summed E-state index contributed by atoms with van der Waals surface area (Å²) < 4.78 is 5.46. The summed E-state index contributed by atoms with van der Waals surface area (Å²) in [5.41, 5.74) is 2.34. The number of nitro groups is 1. The second-order valence-electron chi connectivity index (χ2n) is 7.11. The second-order valence-corrected chi connectivity index (χ2v) is 7.11. The van der Waals surface area contributed by atoms with Crippen LogP contribution in [0.1, 0.15) is 39.2 Å². The molecule has 7 nitrogen and oxygen atoms in total. The Kier molecular flexibility index (Phi) is 6.74. The molecule has 0 radical (unpaired) electrons. The maximum absolute atomic E-state index is 11.4. The molecule has 0 aliphatic carbocycles. The first-order valence-corrected chi connectivity index (χ1v) is 8.99. The number of rotatable bonds is 8. The number of hydrogen-bond acceptors (Lipinski definition) is 6. The molecule has 27 heavy (non-hydrogen) atoms. The molecule has 0 aliphatic heterocycles. The first kappa shape index (κ1) is 20.6. The lowest BCUT2D eigenvalue weighted by molar-refractivity contribution is -0.384. The number of pyridine rings is 1. The van der Waals surface area contributed by atoms with E-state index in [-0.39, 0.29) is 30.1 Å². The van der Waals surface area contributed by atoms with Crippen LogP contribution in [0.15, 0.2) is 30.3 Å². The summed E-state index contributed by atoms with van der Waals surface area (Å²) in [7, 11) is 1.58. The maximum Gasteiger partial charge on any atom is 0.311 e. The van der Waals surface area contributed by atoms with E-state index in [1.807, 2.05) is 32.0 Å². The van der Waals surface area contributed by atoms with Gasteiger partial charge in [-0.05, 0) is 35.6 Å². The third kappa shape index (κ3) is 4.74. The van der Waals surface area contributed by atoms with E-state index in [2.05, 4.69) is 24.1 Å². The molecule has 0 bridgehead atoms. The molecule has 0 amide bonds. The summed E-state index contributed by atoms with van der Waals surface area (Å²) in [6, 6.07) is 8.59. The molecule has 7 heteroatoms. The molecule has 0 spiro atoms. The monoisotopic (exact) mass is 373 g/mol. The van der Waals surface area contributed by atoms with Gasteiger partial charge in [0.15, 0.2) is 0 Å². The van der Waals surface area contributed by atoms with Gasteiger partial charge in [0.05, 0.1) is 30.4 Å². The molecule has 0 saturated heterocycles. The maximum atomic E-state index is 11.4. The van der Waals surface area contributed by atoms with Crippen molar-refractivity contribution in [3.05, 3.63) is 46.0 Å². The number of anilines is 1. The summed E-state index contributed by atoms with van der Waals surface area (Å²) in [5.74, 6) is 1.19. The highest BCUT2D eigenvalue weighted by atomic mass is 16.6. The SMILES string of the molecule is COc1ccc(C(C)C)cc1-c1ccc([N+](=O)[O-])c(NC(CO)C(C)C)n1. The van der Waals surface area contributed by atoms with Gasteiger partial charge in [-0.25, -0.2) is 4.98 Å². The normalized spacial score (nSPS) is 12.3. The number of benzene rings is 1. The minimum atomic E-state index is -0.477. The van der Waals surface area contributed by atoms with Gasteiger partial charge in [-0.2, -0.15) is 0 Å². The van der Waals surface area contributed by atoms with Crippen molar-refractivity contribution >= 4 is 11.5 Å². The predicted molar refractivity (Wildman–Crippen MR) is 106 cm³/mol. The van der Waals surface area contributed by atoms with Crippen molar-refractivity contribution in [2.45, 2.75) is 39.7 Å². The Morgan fingerprint density at radius 2 is 1.93 bits per heavy atom. The Bertz CT molecular complexity index is 806. The van der Waals surface area contributed by atoms with Crippen LogP contribution in [0.3, 0.4) is 0 Å². The predicted octanol–water partition coefficient (Wildman–Crippen LogP) is 4.22. The van der Waals surface area contributed by atoms with Crippen molar-refractivity contribution in [2.24, 2.45) is 5.92 Å². The zero-order valence-electron chi connectivity index (χ0n) is 16.4. The van der Waals surface area contributed by atoms with E-state index in [1.165, 1.54) is 6.07 Å². The lowest BCUT2D eigenvalue weighted by Crippen LogP contribution is -2.30. The molecule has 0 fully saturated rings. The zero-order chi connectivity index (χ0) is 20.1. The molecule has 1 atom stereocenters. The lowest BCUT2D eigenvalue weighted by atomic mass is 9.98. The van der Waals surface area contributed by atoms with Gasteiger partial charge >= 0.3 is 5.69 Å². The van der Waals surface area contributed by atoms with Crippen LogP contribution in [-0.4, -0.2) is 34.8 Å². The molecule has 2 rings (SSSR count). The summed E-state index contributed by atoms with van der Waals surface area (Å²) in [4.78, 5) is 15.4. The van der Waals surface area contributed by atoms with Crippen molar-refractivity contribution in [3.8, 4) is 17.0 Å². The first-order chi connectivity index (χ1) is 12.8. The quantitative estimate of drug-likeness (QED) is 0.531. The number of aliphatic hydroxyl groups is 1. The molecule has 0 saturated carbocycles. The van der Waals surface area contributed by atoms with Gasteiger partial charge < -0.3 is 15.2 Å². The van der Waals surface area contributed by atoms with Gasteiger partial charge in [-0.1, -0.05) is 33.8 Å². The van der Waals surface area contributed by atoms with Gasteiger partial charge in [0.1, 0.15) is 5.75 Å². The molecular weight excluding hydrogens is 346 g/mol. The van der Waals surface area contributed by atoms with Crippen molar-refractivity contribution in [1.29, 1.82) is 0 Å². The summed E-state index contributed by atoms with van der Waals surface area (Å²) >= 11 is 0. The van der Waals surface area contributed by atoms with Crippen LogP contribution in [0.2, 0.25) is 0 Å². The molecule has 1 aromatic heterocycles. The average molecular weight is 373 g/mol. The highest BCUT2D eigenvalue weighted by Gasteiger charge is 2.22. The van der Waals surface area contributed by atoms with Gasteiger partial charge in [0.2, 0.25) is 5.82 Å². The van der Waals surface area contributed by atoms with Gasteiger partial charge in [0.25, 0.3) is 0 Å². The fraction of sp³-hybridized carbons (Fsp3) is 0.450. The Balaban J connectivity index is 2.57. The number of nitrogens with one attached hydrogen (secondary N) is 1. The van der Waals surface area contributed by atoms with E-state index in [9.17, 15) is 15.2 Å². The highest BCUT2D eigenvalue weighted by Crippen LogP contribution is 2.35. The summed E-state index contributed by atoms with van der Waals surface area (Å²) in [6.45, 7) is 7.90. The fourth-order valence-electron chi connectivity index (χ4n) is 2.74. The number of nitrogens with zero attached hydrogens (tertiary/aromatic N) is 2. The zero-order valence-corrected chi connectivity index (χ0v) is 16.4. The number of methoxy groups -OCH3 is 1. The van der Waals surface area contributed by atoms with E-state index in [1.54, 1.807) is 13.2 Å². The average Bonchev–Trinajstić information content (AvgIpc) is 2.64. The van der Waals surface area contributed by atoms with Crippen molar-refractivity contribution in [1.82, 2.24) is 4.98 Å². The molecular formula is C20H27N3O4. The minimum absolute atomic E-state index is 0.0823. The molecule has 146 valence electrons. The van der Waals surface area contributed by atoms with Crippen LogP contribution in [0.25, 0.3) is 11.3 Å². The fourth-order valence-corrected chi connectivity index (χ4v) is 2.74. The Labute approximate surface area is 159 Å². The summed E-state index contributed by atoms with van der Waals surface area (Å²) in [6.07, 6.45) is 0. The number of aromatic nitrogens is 1. The standard InChI is InChI=1S/C20H27N3O4/c1-12(2)14-6-9-19(27-5)15(10-14)16-7-8-18(23(25)26)20(21-16)22-17(11-24)13(3)4/h6-10,12-13,17,24H,11H2,1-5H3,(H,21,22). The second kappa shape index (κ2) is 8.81. The molecule has 2 aromatic rings. The van der Waals surface area contributed by atoms with E-state index >= 15 is 0 Å². The Hall–Kier alpha value is -2.67. The Morgan fingerprint density at radius 3 is 2.44 bits per heavy atom. The van der Waals surface area contributed by atoms with Crippen LogP contribution < -0.4 is 10.1 Å². The van der Waals surface area contributed by atoms with E-state index < -0.39 is 4.92 Å². The van der Waals surface area contributed by atoms with E-state index in [4.69, 9.17) is 4.74 Å². The highest BCUT2D eigenvalue weighted by molar-refractivity contribution is 5.72. The number of ether oxygens (including phenoxy) is 1. The van der Waals surface area contributed by atoms with Crippen molar-refractivity contribution in [2.75, 3.05) is 19.0 Å². The van der Waals surface area contributed by atoms with E-state index in [0.29, 0.717) is 17.4 Å². The number of hydrogen-bond donors (Lipinski definition) is 2. The first-order valence-electron chi connectivity index (χ1n) is 8.99. The topological polar surface area (TPSA) is 97.5 Å². The molecule has 2 N–H and O–H groups in total. The molecule has 1 aromatic carbocycles. The smallest absolute Gasteiger partial charge is 0.311 e. The van der Waals surface area contributed by atoms with Crippen LogP contribution in [0.4, 0.5) is 11.5 Å². The van der Waals surface area contributed by atoms with Crippen LogP contribution in [0, 0.1) is 16.0 Å². The van der Waals surface area contributed by atoms with Crippen molar-refractivity contribution < 1.29 is 14.8 Å². The third-order valence-corrected chi connectivity index (χ3v) is 4.56. The molecule has 0 aliphatic rings. The van der Waals surface area contributed by atoms with E-state index in [0.717, 1.165) is 11.1 Å². The number of aliphatic hydroxyl groups excluding tert-OH is 1. The van der Waals surface area contributed by atoms with Crippen LogP contribution in [-0.2, 0) is 0 Å².